The van der Waals surface area contributed by atoms with Crippen molar-refractivity contribution < 1.29 is 4.74 Å². The van der Waals surface area contributed by atoms with E-state index in [9.17, 15) is 0 Å². The maximum atomic E-state index is 5.71. The fraction of sp³-hybridized carbons (Fsp3) is 0.105. The molecule has 3 nitrogen and oxygen atoms in total. The van der Waals surface area contributed by atoms with Crippen LogP contribution in [0.2, 0.25) is 0 Å². The predicted molar refractivity (Wildman–Crippen MR) is 89.9 cm³/mol. The Labute approximate surface area is 129 Å². The van der Waals surface area contributed by atoms with Gasteiger partial charge in [-0.05, 0) is 30.7 Å². The first-order valence-corrected chi connectivity index (χ1v) is 7.35. The number of rotatable bonds is 2. The third-order valence-electron chi connectivity index (χ3n) is 3.90. The molecule has 0 aliphatic carbocycles. The molecule has 0 spiro atoms. The second-order valence-electron chi connectivity index (χ2n) is 5.45. The van der Waals surface area contributed by atoms with Crippen LogP contribution >= 0.6 is 0 Å². The highest BCUT2D eigenvalue weighted by atomic mass is 16.5. The molecule has 0 unspecified atom stereocenters. The number of H-pyrrole nitrogens is 1. The van der Waals surface area contributed by atoms with E-state index >= 15 is 0 Å². The Morgan fingerprint density at radius 3 is 2.82 bits per heavy atom. The molecule has 1 aliphatic heterocycles. The van der Waals surface area contributed by atoms with Gasteiger partial charge in [0.05, 0.1) is 5.70 Å². The number of ether oxygens (including phenoxy) is 1. The van der Waals surface area contributed by atoms with Gasteiger partial charge in [-0.25, -0.2) is 4.99 Å². The topological polar surface area (TPSA) is 37.4 Å². The van der Waals surface area contributed by atoms with Crippen molar-refractivity contribution in [2.45, 2.75) is 6.92 Å². The van der Waals surface area contributed by atoms with Crippen molar-refractivity contribution in [3.8, 4) is 0 Å². The molecule has 0 saturated carbocycles. The molecule has 0 bridgehead atoms. The van der Waals surface area contributed by atoms with Gasteiger partial charge in [0.2, 0.25) is 5.90 Å². The molecule has 0 fully saturated rings. The Balaban J connectivity index is 1.71. The minimum Gasteiger partial charge on any atom is -0.471 e. The van der Waals surface area contributed by atoms with E-state index in [1.807, 2.05) is 36.5 Å². The van der Waals surface area contributed by atoms with Crippen LogP contribution in [-0.4, -0.2) is 17.5 Å². The molecule has 2 heterocycles. The lowest BCUT2D eigenvalue weighted by Crippen LogP contribution is -1.99. The van der Waals surface area contributed by atoms with E-state index in [1.165, 1.54) is 16.5 Å². The van der Waals surface area contributed by atoms with Crippen molar-refractivity contribution in [2.24, 2.45) is 4.99 Å². The summed E-state index contributed by atoms with van der Waals surface area (Å²) in [6.45, 7) is 2.63. The van der Waals surface area contributed by atoms with Crippen LogP contribution < -0.4 is 0 Å². The van der Waals surface area contributed by atoms with Gasteiger partial charge in [0.25, 0.3) is 0 Å². The van der Waals surface area contributed by atoms with Crippen LogP contribution in [0, 0.1) is 6.92 Å². The Kier molecular flexibility index (Phi) is 3.04. The maximum Gasteiger partial charge on any atom is 0.221 e. The molecular weight excluding hydrogens is 272 g/mol. The number of fused-ring (bicyclic) bond motifs is 1. The van der Waals surface area contributed by atoms with E-state index in [0.29, 0.717) is 12.5 Å². The van der Waals surface area contributed by atoms with Gasteiger partial charge in [0.1, 0.15) is 6.61 Å². The van der Waals surface area contributed by atoms with Crippen LogP contribution in [0.3, 0.4) is 0 Å². The fourth-order valence-corrected chi connectivity index (χ4v) is 2.77. The summed E-state index contributed by atoms with van der Waals surface area (Å²) in [6, 6.07) is 16.3. The van der Waals surface area contributed by atoms with Gasteiger partial charge in [0.15, 0.2) is 0 Å². The highest BCUT2D eigenvalue weighted by Crippen LogP contribution is 2.25. The van der Waals surface area contributed by atoms with Crippen molar-refractivity contribution in [1.29, 1.82) is 0 Å². The molecular formula is C19H16N2O. The fourth-order valence-electron chi connectivity index (χ4n) is 2.77. The van der Waals surface area contributed by atoms with Crippen LogP contribution in [0.5, 0.6) is 0 Å². The third kappa shape index (κ3) is 2.21. The van der Waals surface area contributed by atoms with Gasteiger partial charge in [-0.2, -0.15) is 0 Å². The third-order valence-corrected chi connectivity index (χ3v) is 3.90. The van der Waals surface area contributed by atoms with Gasteiger partial charge in [-0.3, -0.25) is 0 Å². The Bertz CT molecular complexity index is 888. The molecule has 0 amide bonds. The number of hydrogen-bond donors (Lipinski definition) is 1. The lowest BCUT2D eigenvalue weighted by Gasteiger charge is -1.98. The van der Waals surface area contributed by atoms with Gasteiger partial charge < -0.3 is 9.72 Å². The summed E-state index contributed by atoms with van der Waals surface area (Å²) in [5.41, 5.74) is 5.54. The average molecular weight is 288 g/mol. The second kappa shape index (κ2) is 5.19. The van der Waals surface area contributed by atoms with Crippen LogP contribution in [0.1, 0.15) is 16.7 Å². The zero-order chi connectivity index (χ0) is 14.9. The van der Waals surface area contributed by atoms with E-state index in [0.717, 1.165) is 16.8 Å². The number of aliphatic imine (C=N–C) groups is 1. The van der Waals surface area contributed by atoms with Gasteiger partial charge in [-0.15, -0.1) is 0 Å². The van der Waals surface area contributed by atoms with Crippen molar-refractivity contribution >= 4 is 22.9 Å². The van der Waals surface area contributed by atoms with Crippen molar-refractivity contribution in [1.82, 2.24) is 4.98 Å². The van der Waals surface area contributed by atoms with E-state index in [4.69, 9.17) is 4.74 Å². The summed E-state index contributed by atoms with van der Waals surface area (Å²) in [7, 11) is 0. The number of aromatic nitrogens is 1. The molecule has 0 saturated heterocycles. The summed E-state index contributed by atoms with van der Waals surface area (Å²) in [5.74, 6) is 0.697. The highest BCUT2D eigenvalue weighted by molar-refractivity contribution is 5.97. The quantitative estimate of drug-likeness (QED) is 0.750. The molecule has 0 radical (unpaired) electrons. The van der Waals surface area contributed by atoms with E-state index < -0.39 is 0 Å². The molecule has 3 heteroatoms. The summed E-state index contributed by atoms with van der Waals surface area (Å²) >= 11 is 0. The van der Waals surface area contributed by atoms with E-state index in [-0.39, 0.29) is 0 Å². The standard InChI is InChI=1S/C19H16N2O/c1-13-6-5-9-17-15(11-20-18(13)17)10-16-12-22-19(21-16)14-7-3-2-4-8-14/h2-11,20H,12H2,1H3. The van der Waals surface area contributed by atoms with Gasteiger partial charge >= 0.3 is 0 Å². The van der Waals surface area contributed by atoms with Crippen LogP contribution in [-0.2, 0) is 4.74 Å². The first-order chi connectivity index (χ1) is 10.8. The zero-order valence-electron chi connectivity index (χ0n) is 12.3. The Hall–Kier alpha value is -2.81. The SMILES string of the molecule is Cc1cccc2c(C=C3COC(c4ccccc4)=N3)c[nH]c12. The minimum absolute atomic E-state index is 0.517. The maximum absolute atomic E-state index is 5.71. The number of benzene rings is 2. The molecule has 1 N–H and O–H groups in total. The molecule has 108 valence electrons. The summed E-state index contributed by atoms with van der Waals surface area (Å²) in [6.07, 6.45) is 4.12. The lowest BCUT2D eigenvalue weighted by molar-refractivity contribution is 0.365. The summed E-state index contributed by atoms with van der Waals surface area (Å²) in [4.78, 5) is 7.94. The smallest absolute Gasteiger partial charge is 0.221 e. The van der Waals surface area contributed by atoms with Crippen LogP contribution in [0.4, 0.5) is 0 Å². The zero-order valence-corrected chi connectivity index (χ0v) is 12.3. The van der Waals surface area contributed by atoms with Crippen molar-refractivity contribution in [2.75, 3.05) is 6.61 Å². The Morgan fingerprint density at radius 2 is 1.95 bits per heavy atom. The molecule has 22 heavy (non-hydrogen) atoms. The van der Waals surface area contributed by atoms with Gasteiger partial charge in [0, 0.05) is 28.2 Å². The Morgan fingerprint density at radius 1 is 1.09 bits per heavy atom. The molecule has 2 aromatic carbocycles. The number of para-hydroxylation sites is 1. The van der Waals surface area contributed by atoms with Crippen LogP contribution in [0.25, 0.3) is 17.0 Å². The number of aromatic amines is 1. The summed E-state index contributed by atoms with van der Waals surface area (Å²) < 4.78 is 5.71. The first kappa shape index (κ1) is 12.9. The van der Waals surface area contributed by atoms with Crippen molar-refractivity contribution in [3.63, 3.8) is 0 Å². The van der Waals surface area contributed by atoms with Crippen LogP contribution in [0.15, 0.2) is 65.4 Å². The largest absolute Gasteiger partial charge is 0.471 e. The number of hydrogen-bond acceptors (Lipinski definition) is 2. The first-order valence-electron chi connectivity index (χ1n) is 7.35. The van der Waals surface area contributed by atoms with Gasteiger partial charge in [-0.1, -0.05) is 36.4 Å². The molecule has 3 aromatic rings. The number of nitrogens with zero attached hydrogens (tertiary/aromatic N) is 1. The number of nitrogens with one attached hydrogen (secondary N) is 1. The molecule has 1 aliphatic rings. The summed E-state index contributed by atoms with van der Waals surface area (Å²) in [5, 5.41) is 1.22. The molecule has 1 aromatic heterocycles. The normalized spacial score (nSPS) is 16.0. The minimum atomic E-state index is 0.517. The molecule has 4 rings (SSSR count). The number of aryl methyl sites for hydroxylation is 1. The lowest BCUT2D eigenvalue weighted by atomic mass is 10.1. The molecule has 0 atom stereocenters. The van der Waals surface area contributed by atoms with E-state index in [2.05, 4.69) is 41.2 Å². The average Bonchev–Trinajstić information content (AvgIpc) is 3.17. The highest BCUT2D eigenvalue weighted by Gasteiger charge is 2.15. The second-order valence-corrected chi connectivity index (χ2v) is 5.45. The predicted octanol–water partition coefficient (Wildman–Crippen LogP) is 4.29. The van der Waals surface area contributed by atoms with E-state index in [1.54, 1.807) is 0 Å². The van der Waals surface area contributed by atoms with Crippen molar-refractivity contribution in [3.05, 3.63) is 77.1 Å². The monoisotopic (exact) mass is 288 g/mol.